The second-order valence-corrected chi connectivity index (χ2v) is 2.87. The molecule has 1 aromatic rings. The smallest absolute Gasteiger partial charge is 0.119 e. The molecule has 13 heavy (non-hydrogen) atoms. The van der Waals surface area contributed by atoms with E-state index in [0.717, 1.165) is 17.2 Å². The van der Waals surface area contributed by atoms with Gasteiger partial charge >= 0.3 is 0 Å². The van der Waals surface area contributed by atoms with Gasteiger partial charge in [0.05, 0.1) is 13.3 Å². The Labute approximate surface area is 78.5 Å². The first kappa shape index (κ1) is 10.0. The number of benzene rings is 1. The summed E-state index contributed by atoms with van der Waals surface area (Å²) in [5.74, 6) is 1.54. The number of ether oxygens (including phenoxy) is 1. The third kappa shape index (κ3) is 2.72. The van der Waals surface area contributed by atoms with Gasteiger partial charge in [0.2, 0.25) is 0 Å². The Morgan fingerprint density at radius 1 is 1.46 bits per heavy atom. The zero-order valence-corrected chi connectivity index (χ0v) is 8.01. The Hall–Kier alpha value is -1.05. The van der Waals surface area contributed by atoms with Gasteiger partial charge in [-0.25, -0.2) is 0 Å². The Morgan fingerprint density at radius 2 is 2.23 bits per heavy atom. The van der Waals surface area contributed by atoms with E-state index in [2.05, 4.69) is 0 Å². The summed E-state index contributed by atoms with van der Waals surface area (Å²) in [6.45, 7) is 3.94. The van der Waals surface area contributed by atoms with Crippen LogP contribution in [-0.2, 0) is 0 Å². The van der Waals surface area contributed by atoms with Crippen LogP contribution in [0, 0.1) is 5.92 Å². The lowest BCUT2D eigenvalue weighted by atomic mass is 10.0. The molecule has 1 nitrogen and oxygen atoms in total. The molecule has 1 radical (unpaired) electrons. The number of hydrogen-bond donors (Lipinski definition) is 0. The van der Waals surface area contributed by atoms with E-state index in [4.69, 9.17) is 4.74 Å². The van der Waals surface area contributed by atoms with E-state index >= 15 is 0 Å². The van der Waals surface area contributed by atoms with E-state index in [9.17, 15) is 4.39 Å². The molecule has 0 amide bonds. The van der Waals surface area contributed by atoms with Crippen molar-refractivity contribution in [1.82, 2.24) is 0 Å². The van der Waals surface area contributed by atoms with Crippen LogP contribution in [0.25, 0.3) is 0 Å². The van der Waals surface area contributed by atoms with Gasteiger partial charge in [0.15, 0.2) is 0 Å². The van der Waals surface area contributed by atoms with Crippen LogP contribution in [0.15, 0.2) is 24.3 Å². The number of alkyl halides is 1. The number of halogens is 1. The third-order valence-corrected chi connectivity index (χ3v) is 1.84. The molecule has 0 bridgehead atoms. The highest BCUT2D eigenvalue weighted by molar-refractivity contribution is 5.36. The first-order valence-corrected chi connectivity index (χ1v) is 4.39. The fourth-order valence-corrected chi connectivity index (χ4v) is 1.10. The molecule has 0 aliphatic heterocycles. The van der Waals surface area contributed by atoms with Gasteiger partial charge in [0.1, 0.15) is 5.75 Å². The molecule has 0 N–H and O–H groups in total. The minimum Gasteiger partial charge on any atom is -0.494 e. The molecule has 1 aromatic carbocycles. The lowest BCUT2D eigenvalue weighted by Gasteiger charge is -2.08. The molecule has 1 rings (SSSR count). The number of rotatable bonds is 4. The average molecular weight is 181 g/mol. The second kappa shape index (κ2) is 4.85. The minimum atomic E-state index is -0.407. The van der Waals surface area contributed by atoms with Crippen molar-refractivity contribution in [3.05, 3.63) is 35.7 Å². The normalized spacial score (nSPS) is 10.5. The molecule has 0 unspecified atom stereocenters. The molecular weight excluding hydrogens is 167 g/mol. The summed E-state index contributed by atoms with van der Waals surface area (Å²) in [4.78, 5) is 0. The first-order valence-electron chi connectivity index (χ1n) is 4.39. The lowest BCUT2D eigenvalue weighted by Crippen LogP contribution is -1.98. The monoisotopic (exact) mass is 181 g/mol. The standard InChI is InChI=1S/C11H14FO/c1-3-13-11-6-4-5-10(7-11)9(2)8-12/h4-7H,3,8H2,1-2H3. The van der Waals surface area contributed by atoms with Gasteiger partial charge in [-0.2, -0.15) is 0 Å². The van der Waals surface area contributed by atoms with E-state index in [1.807, 2.05) is 31.2 Å². The molecule has 0 spiro atoms. The molecule has 0 saturated carbocycles. The first-order chi connectivity index (χ1) is 6.27. The van der Waals surface area contributed by atoms with Gasteiger partial charge in [0.25, 0.3) is 0 Å². The Kier molecular flexibility index (Phi) is 3.74. The Morgan fingerprint density at radius 3 is 2.85 bits per heavy atom. The quantitative estimate of drug-likeness (QED) is 0.693. The van der Waals surface area contributed by atoms with Crippen molar-refractivity contribution in [1.29, 1.82) is 0 Å². The fraction of sp³-hybridized carbons (Fsp3) is 0.364. The summed E-state index contributed by atoms with van der Waals surface area (Å²) in [6.07, 6.45) is 0. The van der Waals surface area contributed by atoms with Crippen molar-refractivity contribution in [2.75, 3.05) is 13.3 Å². The zero-order valence-electron chi connectivity index (χ0n) is 8.01. The van der Waals surface area contributed by atoms with Crippen molar-refractivity contribution in [3.63, 3.8) is 0 Å². The predicted octanol–water partition coefficient (Wildman–Crippen LogP) is 3.00. The van der Waals surface area contributed by atoms with E-state index in [-0.39, 0.29) is 0 Å². The van der Waals surface area contributed by atoms with Crippen molar-refractivity contribution in [2.24, 2.45) is 0 Å². The molecule has 0 heterocycles. The van der Waals surface area contributed by atoms with Crippen LogP contribution in [0.1, 0.15) is 19.4 Å². The van der Waals surface area contributed by atoms with Crippen LogP contribution >= 0.6 is 0 Å². The summed E-state index contributed by atoms with van der Waals surface area (Å²) in [5.41, 5.74) is 0.911. The maximum atomic E-state index is 12.3. The topological polar surface area (TPSA) is 9.23 Å². The van der Waals surface area contributed by atoms with Crippen molar-refractivity contribution >= 4 is 0 Å². The Balaban J connectivity index is 2.78. The predicted molar refractivity (Wildman–Crippen MR) is 51.6 cm³/mol. The molecule has 0 atom stereocenters. The van der Waals surface area contributed by atoms with E-state index < -0.39 is 6.67 Å². The zero-order chi connectivity index (χ0) is 9.68. The van der Waals surface area contributed by atoms with E-state index in [0.29, 0.717) is 6.61 Å². The molecule has 2 heteroatoms. The van der Waals surface area contributed by atoms with Gasteiger partial charge in [-0.3, -0.25) is 4.39 Å². The Bertz CT molecular complexity index is 260. The summed E-state index contributed by atoms with van der Waals surface area (Å²) in [6, 6.07) is 7.49. The van der Waals surface area contributed by atoms with E-state index in [1.165, 1.54) is 0 Å². The lowest BCUT2D eigenvalue weighted by molar-refractivity contribution is 0.340. The molecule has 0 aliphatic carbocycles. The summed E-state index contributed by atoms with van der Waals surface area (Å²) < 4.78 is 17.6. The van der Waals surface area contributed by atoms with Gasteiger partial charge in [-0.15, -0.1) is 0 Å². The van der Waals surface area contributed by atoms with Crippen LogP contribution in [0.5, 0.6) is 5.75 Å². The van der Waals surface area contributed by atoms with Crippen molar-refractivity contribution in [3.8, 4) is 5.75 Å². The molecule has 0 saturated heterocycles. The third-order valence-electron chi connectivity index (χ3n) is 1.84. The van der Waals surface area contributed by atoms with Crippen LogP contribution in [-0.4, -0.2) is 13.3 Å². The highest BCUT2D eigenvalue weighted by Gasteiger charge is 2.05. The summed E-state index contributed by atoms with van der Waals surface area (Å²) in [7, 11) is 0. The van der Waals surface area contributed by atoms with Gasteiger partial charge in [-0.1, -0.05) is 19.1 Å². The molecule has 0 aromatic heterocycles. The van der Waals surface area contributed by atoms with Crippen LogP contribution in [0.2, 0.25) is 0 Å². The summed E-state index contributed by atoms with van der Waals surface area (Å²) >= 11 is 0. The average Bonchev–Trinajstić information content (AvgIpc) is 2.18. The molecule has 0 aliphatic rings. The van der Waals surface area contributed by atoms with Crippen LogP contribution < -0.4 is 4.74 Å². The highest BCUT2D eigenvalue weighted by atomic mass is 19.1. The van der Waals surface area contributed by atoms with Gasteiger partial charge in [-0.05, 0) is 24.6 Å². The van der Waals surface area contributed by atoms with Gasteiger partial charge < -0.3 is 4.74 Å². The van der Waals surface area contributed by atoms with E-state index in [1.54, 1.807) is 6.92 Å². The van der Waals surface area contributed by atoms with Crippen molar-refractivity contribution in [2.45, 2.75) is 13.8 Å². The van der Waals surface area contributed by atoms with Crippen molar-refractivity contribution < 1.29 is 9.13 Å². The number of hydrogen-bond acceptors (Lipinski definition) is 1. The minimum absolute atomic E-state index is 0.407. The maximum absolute atomic E-state index is 12.3. The maximum Gasteiger partial charge on any atom is 0.119 e. The second-order valence-electron chi connectivity index (χ2n) is 2.87. The largest absolute Gasteiger partial charge is 0.494 e. The SMILES string of the molecule is CCOc1cccc([C](C)CF)c1. The molecule has 71 valence electrons. The van der Waals surface area contributed by atoms with Gasteiger partial charge in [0, 0.05) is 5.92 Å². The molecular formula is C11H14FO. The fourth-order valence-electron chi connectivity index (χ4n) is 1.10. The summed E-state index contributed by atoms with van der Waals surface area (Å²) in [5, 5.41) is 0. The molecule has 0 fully saturated rings. The van der Waals surface area contributed by atoms with Crippen LogP contribution in [0.3, 0.4) is 0 Å². The van der Waals surface area contributed by atoms with Crippen LogP contribution in [0.4, 0.5) is 4.39 Å². The highest BCUT2D eigenvalue weighted by Crippen LogP contribution is 2.20.